The maximum absolute atomic E-state index is 12.4. The standard InChI is InChI=1S/C18H21N5O3/c1-2-21-9-10-22-16(17(21)25)20-23(18(22)26)11-15(24)19-14-8-7-12-5-3-4-6-13(12)14/h3-6,14H,2,7-11H2,1H3,(H,19,24)/t14-/m1/s1. The highest BCUT2D eigenvalue weighted by atomic mass is 16.2. The predicted molar refractivity (Wildman–Crippen MR) is 93.7 cm³/mol. The van der Waals surface area contributed by atoms with Crippen molar-refractivity contribution in [2.75, 3.05) is 13.1 Å². The van der Waals surface area contributed by atoms with Gasteiger partial charge in [-0.1, -0.05) is 24.3 Å². The summed E-state index contributed by atoms with van der Waals surface area (Å²) in [6, 6.07) is 8.01. The fourth-order valence-electron chi connectivity index (χ4n) is 3.75. The van der Waals surface area contributed by atoms with Crippen LogP contribution in [0.4, 0.5) is 0 Å². The van der Waals surface area contributed by atoms with E-state index in [4.69, 9.17) is 0 Å². The van der Waals surface area contributed by atoms with E-state index >= 15 is 0 Å². The minimum atomic E-state index is -0.411. The van der Waals surface area contributed by atoms with Gasteiger partial charge in [-0.2, -0.15) is 0 Å². The van der Waals surface area contributed by atoms with Crippen molar-refractivity contribution in [1.29, 1.82) is 0 Å². The topological polar surface area (TPSA) is 89.2 Å². The van der Waals surface area contributed by atoms with Crippen LogP contribution >= 0.6 is 0 Å². The van der Waals surface area contributed by atoms with Gasteiger partial charge in [-0.25, -0.2) is 9.48 Å². The number of fused-ring (bicyclic) bond motifs is 2. The molecule has 1 aliphatic carbocycles. The maximum atomic E-state index is 12.4. The summed E-state index contributed by atoms with van der Waals surface area (Å²) in [5.41, 5.74) is 1.97. The number of likely N-dealkylation sites (N-methyl/N-ethyl adjacent to an activating group) is 1. The highest BCUT2D eigenvalue weighted by molar-refractivity contribution is 5.91. The lowest BCUT2D eigenvalue weighted by molar-refractivity contribution is -0.122. The molecule has 0 bridgehead atoms. The third-order valence-corrected chi connectivity index (χ3v) is 5.14. The van der Waals surface area contributed by atoms with Gasteiger partial charge in [0.1, 0.15) is 6.54 Å². The Balaban J connectivity index is 1.49. The van der Waals surface area contributed by atoms with Crippen molar-refractivity contribution in [1.82, 2.24) is 24.6 Å². The van der Waals surface area contributed by atoms with Crippen LogP contribution in [0.15, 0.2) is 29.1 Å². The molecule has 8 nitrogen and oxygen atoms in total. The molecule has 1 aromatic carbocycles. The molecule has 2 heterocycles. The SMILES string of the molecule is CCN1CCn2c(nn(CC(=O)N[C@@H]3CCc4ccccc43)c2=O)C1=O. The number of benzene rings is 1. The van der Waals surface area contributed by atoms with Gasteiger partial charge in [0.15, 0.2) is 0 Å². The van der Waals surface area contributed by atoms with Crippen molar-refractivity contribution < 1.29 is 9.59 Å². The lowest BCUT2D eigenvalue weighted by atomic mass is 10.1. The summed E-state index contributed by atoms with van der Waals surface area (Å²) in [4.78, 5) is 38.8. The third kappa shape index (κ3) is 2.71. The largest absolute Gasteiger partial charge is 0.348 e. The van der Waals surface area contributed by atoms with Crippen molar-refractivity contribution >= 4 is 11.8 Å². The fraction of sp³-hybridized carbons (Fsp3) is 0.444. The van der Waals surface area contributed by atoms with Crippen LogP contribution in [0.5, 0.6) is 0 Å². The summed E-state index contributed by atoms with van der Waals surface area (Å²) >= 11 is 0. The van der Waals surface area contributed by atoms with Crippen LogP contribution in [0.1, 0.15) is 41.1 Å². The van der Waals surface area contributed by atoms with Gasteiger partial charge < -0.3 is 10.2 Å². The Labute approximate surface area is 150 Å². The monoisotopic (exact) mass is 355 g/mol. The first kappa shape index (κ1) is 16.6. The number of nitrogens with one attached hydrogen (secondary N) is 1. The second kappa shape index (κ2) is 6.44. The zero-order valence-electron chi connectivity index (χ0n) is 14.6. The van der Waals surface area contributed by atoms with Crippen molar-refractivity contribution in [3.63, 3.8) is 0 Å². The van der Waals surface area contributed by atoms with E-state index in [0.717, 1.165) is 23.1 Å². The molecule has 0 saturated heterocycles. The average Bonchev–Trinajstić information content (AvgIpc) is 3.18. The lowest BCUT2D eigenvalue weighted by Gasteiger charge is -2.24. The first-order chi connectivity index (χ1) is 12.6. The summed E-state index contributed by atoms with van der Waals surface area (Å²) in [6.07, 6.45) is 1.78. The second-order valence-corrected chi connectivity index (χ2v) is 6.66. The normalized spacial score (nSPS) is 18.6. The number of carbonyl (C=O) groups excluding carboxylic acids is 2. The van der Waals surface area contributed by atoms with E-state index < -0.39 is 5.69 Å². The quantitative estimate of drug-likeness (QED) is 0.856. The Morgan fingerprint density at radius 2 is 2.08 bits per heavy atom. The molecule has 136 valence electrons. The predicted octanol–water partition coefficient (Wildman–Crippen LogP) is 0.324. The first-order valence-electron chi connectivity index (χ1n) is 8.92. The molecule has 1 N–H and O–H groups in total. The molecular formula is C18H21N5O3. The van der Waals surface area contributed by atoms with Crippen LogP contribution in [-0.4, -0.2) is 44.2 Å². The van der Waals surface area contributed by atoms with E-state index in [0.29, 0.717) is 19.6 Å². The summed E-state index contributed by atoms with van der Waals surface area (Å²) in [5.74, 6) is -0.425. The van der Waals surface area contributed by atoms with E-state index in [1.54, 1.807) is 4.90 Å². The van der Waals surface area contributed by atoms with Gasteiger partial charge in [-0.3, -0.25) is 14.2 Å². The summed E-state index contributed by atoms with van der Waals surface area (Å²) < 4.78 is 2.44. The number of hydrogen-bond acceptors (Lipinski definition) is 4. The van der Waals surface area contributed by atoms with Crippen molar-refractivity contribution in [2.24, 2.45) is 0 Å². The molecule has 26 heavy (non-hydrogen) atoms. The molecule has 1 atom stereocenters. The molecule has 1 aliphatic heterocycles. The number of aromatic nitrogens is 3. The van der Waals surface area contributed by atoms with Gasteiger partial charge in [-0.15, -0.1) is 5.10 Å². The molecule has 0 saturated carbocycles. The Kier molecular flexibility index (Phi) is 4.10. The van der Waals surface area contributed by atoms with Crippen LogP contribution in [0.3, 0.4) is 0 Å². The zero-order chi connectivity index (χ0) is 18.3. The van der Waals surface area contributed by atoms with E-state index in [1.165, 1.54) is 10.1 Å². The first-order valence-corrected chi connectivity index (χ1v) is 8.92. The number of nitrogens with zero attached hydrogens (tertiary/aromatic N) is 4. The average molecular weight is 355 g/mol. The fourth-order valence-corrected chi connectivity index (χ4v) is 3.75. The minimum absolute atomic E-state index is 0.0381. The van der Waals surface area contributed by atoms with Crippen LogP contribution in [0.2, 0.25) is 0 Å². The van der Waals surface area contributed by atoms with Crippen LogP contribution < -0.4 is 11.0 Å². The molecule has 2 aromatic rings. The molecule has 4 rings (SSSR count). The van der Waals surface area contributed by atoms with E-state index in [-0.39, 0.29) is 30.2 Å². The molecular weight excluding hydrogens is 334 g/mol. The van der Waals surface area contributed by atoms with Crippen LogP contribution in [0.25, 0.3) is 0 Å². The molecule has 0 spiro atoms. The van der Waals surface area contributed by atoms with Crippen LogP contribution in [0, 0.1) is 0 Å². The second-order valence-electron chi connectivity index (χ2n) is 6.66. The highest BCUT2D eigenvalue weighted by Gasteiger charge is 2.29. The number of amides is 2. The maximum Gasteiger partial charge on any atom is 0.346 e. The summed E-state index contributed by atoms with van der Waals surface area (Å²) in [7, 11) is 0. The van der Waals surface area contributed by atoms with Crippen molar-refractivity contribution in [2.45, 2.75) is 38.9 Å². The van der Waals surface area contributed by atoms with Crippen molar-refractivity contribution in [3.8, 4) is 0 Å². The van der Waals surface area contributed by atoms with Gasteiger partial charge in [0.25, 0.3) is 5.91 Å². The van der Waals surface area contributed by atoms with Gasteiger partial charge >= 0.3 is 5.69 Å². The molecule has 2 aliphatic rings. The van der Waals surface area contributed by atoms with E-state index in [1.807, 2.05) is 25.1 Å². The number of carbonyl (C=O) groups is 2. The van der Waals surface area contributed by atoms with E-state index in [2.05, 4.69) is 16.5 Å². The van der Waals surface area contributed by atoms with Gasteiger partial charge in [0, 0.05) is 19.6 Å². The molecule has 0 unspecified atom stereocenters. The number of rotatable bonds is 4. The minimum Gasteiger partial charge on any atom is -0.348 e. The molecule has 0 radical (unpaired) electrons. The Bertz CT molecular complexity index is 929. The Morgan fingerprint density at radius 3 is 2.88 bits per heavy atom. The Hall–Kier alpha value is -2.90. The molecule has 2 amide bonds. The van der Waals surface area contributed by atoms with E-state index in [9.17, 15) is 14.4 Å². The summed E-state index contributed by atoms with van der Waals surface area (Å²) in [5, 5.41) is 7.08. The van der Waals surface area contributed by atoms with Crippen LogP contribution in [-0.2, 0) is 24.3 Å². The molecule has 0 fully saturated rings. The third-order valence-electron chi connectivity index (χ3n) is 5.14. The molecule has 8 heteroatoms. The lowest BCUT2D eigenvalue weighted by Crippen LogP contribution is -2.43. The number of hydrogen-bond donors (Lipinski definition) is 1. The molecule has 1 aromatic heterocycles. The van der Waals surface area contributed by atoms with Crippen molar-refractivity contribution in [3.05, 3.63) is 51.7 Å². The zero-order valence-corrected chi connectivity index (χ0v) is 14.6. The Morgan fingerprint density at radius 1 is 1.27 bits per heavy atom. The van der Waals surface area contributed by atoms with Gasteiger partial charge in [0.2, 0.25) is 11.7 Å². The van der Waals surface area contributed by atoms with Gasteiger partial charge in [-0.05, 0) is 30.9 Å². The smallest absolute Gasteiger partial charge is 0.346 e. The number of aryl methyl sites for hydroxylation is 1. The summed E-state index contributed by atoms with van der Waals surface area (Å²) in [6.45, 7) is 3.16. The highest BCUT2D eigenvalue weighted by Crippen LogP contribution is 2.30. The van der Waals surface area contributed by atoms with Gasteiger partial charge in [0.05, 0.1) is 6.04 Å².